The van der Waals surface area contributed by atoms with Gasteiger partial charge in [0.1, 0.15) is 6.10 Å². The maximum Gasteiger partial charge on any atom is 0.312 e. The Balaban J connectivity index is 1.83. The van der Waals surface area contributed by atoms with E-state index in [0.29, 0.717) is 12.8 Å². The van der Waals surface area contributed by atoms with Gasteiger partial charge in [0.2, 0.25) is 6.41 Å². The Bertz CT molecular complexity index is 358. The van der Waals surface area contributed by atoms with Crippen LogP contribution in [0, 0.1) is 5.92 Å². The molecule has 0 bridgehead atoms. The highest BCUT2D eigenvalue weighted by Crippen LogP contribution is 2.45. The number of hydrogen-bond donors (Lipinski definition) is 1. The van der Waals surface area contributed by atoms with Crippen LogP contribution in [0.15, 0.2) is 12.7 Å². The number of carbonyl (C=O) groups excluding carboxylic acids is 2. The van der Waals surface area contributed by atoms with E-state index in [9.17, 15) is 9.59 Å². The Kier molecular flexibility index (Phi) is 3.71. The van der Waals surface area contributed by atoms with Gasteiger partial charge in [0.15, 0.2) is 0 Å². The summed E-state index contributed by atoms with van der Waals surface area (Å²) in [7, 11) is 0. The summed E-state index contributed by atoms with van der Waals surface area (Å²) in [5.41, 5.74) is -0.568. The lowest BCUT2D eigenvalue weighted by Crippen LogP contribution is -2.33. The smallest absolute Gasteiger partial charge is 0.312 e. The van der Waals surface area contributed by atoms with Gasteiger partial charge in [-0.3, -0.25) is 14.5 Å². The van der Waals surface area contributed by atoms with Crippen LogP contribution in [0.3, 0.4) is 0 Å². The monoisotopic (exact) mass is 252 g/mol. The average Bonchev–Trinajstić information content (AvgIpc) is 2.92. The van der Waals surface area contributed by atoms with Crippen molar-refractivity contribution in [1.29, 1.82) is 0 Å². The molecule has 1 saturated heterocycles. The van der Waals surface area contributed by atoms with Gasteiger partial charge in [0, 0.05) is 13.1 Å². The van der Waals surface area contributed by atoms with Crippen molar-refractivity contribution in [2.24, 2.45) is 5.92 Å². The fourth-order valence-electron chi connectivity index (χ4n) is 2.55. The van der Waals surface area contributed by atoms with E-state index in [4.69, 9.17) is 4.74 Å². The third kappa shape index (κ3) is 2.41. The van der Waals surface area contributed by atoms with Crippen molar-refractivity contribution in [3.05, 3.63) is 12.7 Å². The molecule has 1 N–H and O–H groups in total. The van der Waals surface area contributed by atoms with Gasteiger partial charge in [-0.2, -0.15) is 0 Å². The van der Waals surface area contributed by atoms with Crippen molar-refractivity contribution >= 4 is 12.4 Å². The predicted molar refractivity (Wildman–Crippen MR) is 66.8 cm³/mol. The first-order chi connectivity index (χ1) is 8.65. The van der Waals surface area contributed by atoms with E-state index in [1.807, 2.05) is 0 Å². The molecule has 5 nitrogen and oxygen atoms in total. The molecule has 18 heavy (non-hydrogen) atoms. The summed E-state index contributed by atoms with van der Waals surface area (Å²) >= 11 is 0. The molecule has 1 aliphatic carbocycles. The van der Waals surface area contributed by atoms with Crippen LogP contribution in [0.1, 0.15) is 19.8 Å². The molecule has 5 heteroatoms. The largest absolute Gasteiger partial charge is 0.461 e. The van der Waals surface area contributed by atoms with Crippen molar-refractivity contribution in [2.45, 2.75) is 31.4 Å². The van der Waals surface area contributed by atoms with Gasteiger partial charge in [0.05, 0.1) is 11.5 Å². The van der Waals surface area contributed by atoms with Gasteiger partial charge in [-0.15, -0.1) is 6.58 Å². The van der Waals surface area contributed by atoms with Crippen molar-refractivity contribution in [1.82, 2.24) is 10.2 Å². The van der Waals surface area contributed by atoms with Crippen molar-refractivity contribution in [2.75, 3.05) is 19.6 Å². The maximum absolute atomic E-state index is 12.0. The topological polar surface area (TPSA) is 58.6 Å². The van der Waals surface area contributed by atoms with Crippen LogP contribution in [0.5, 0.6) is 0 Å². The lowest BCUT2D eigenvalue weighted by atomic mass is 10.2. The first kappa shape index (κ1) is 13.1. The van der Waals surface area contributed by atoms with Gasteiger partial charge < -0.3 is 10.1 Å². The molecule has 1 saturated carbocycles. The zero-order chi connectivity index (χ0) is 13.2. The van der Waals surface area contributed by atoms with Gasteiger partial charge in [0.25, 0.3) is 0 Å². The second-order valence-electron chi connectivity index (χ2n) is 5.00. The van der Waals surface area contributed by atoms with Gasteiger partial charge in [-0.25, -0.2) is 0 Å². The number of nitrogens with zero attached hydrogens (tertiary/aromatic N) is 1. The molecular formula is C13H20N2O3. The van der Waals surface area contributed by atoms with E-state index in [1.165, 1.54) is 0 Å². The normalized spacial score (nSPS) is 34.9. The Labute approximate surface area is 107 Å². The summed E-state index contributed by atoms with van der Waals surface area (Å²) in [6, 6.07) is 0. The summed E-state index contributed by atoms with van der Waals surface area (Å²) in [4.78, 5) is 24.7. The lowest BCUT2D eigenvalue weighted by Gasteiger charge is -2.15. The molecular weight excluding hydrogens is 232 g/mol. The minimum absolute atomic E-state index is 0.00297. The second-order valence-corrected chi connectivity index (χ2v) is 5.00. The molecule has 1 heterocycles. The molecule has 3 atom stereocenters. The summed E-state index contributed by atoms with van der Waals surface area (Å²) in [6.07, 6.45) is 3.73. The number of ether oxygens (including phenoxy) is 1. The van der Waals surface area contributed by atoms with Crippen LogP contribution in [0.25, 0.3) is 0 Å². The molecule has 2 rings (SSSR count). The van der Waals surface area contributed by atoms with Gasteiger partial charge in [-0.1, -0.05) is 13.0 Å². The summed E-state index contributed by atoms with van der Waals surface area (Å²) in [6.45, 7) is 8.55. The molecule has 1 amide bonds. The fraction of sp³-hybridized carbons (Fsp3) is 0.692. The zero-order valence-corrected chi connectivity index (χ0v) is 10.7. The van der Waals surface area contributed by atoms with Gasteiger partial charge >= 0.3 is 5.97 Å². The van der Waals surface area contributed by atoms with Crippen LogP contribution < -0.4 is 5.32 Å². The average molecular weight is 252 g/mol. The molecule has 0 aromatic carbocycles. The zero-order valence-electron chi connectivity index (χ0n) is 10.7. The van der Waals surface area contributed by atoms with Crippen molar-refractivity contribution in [3.63, 3.8) is 0 Å². The highest BCUT2D eigenvalue weighted by Gasteiger charge is 2.57. The van der Waals surface area contributed by atoms with Crippen LogP contribution in [0.4, 0.5) is 0 Å². The summed E-state index contributed by atoms with van der Waals surface area (Å²) < 4.78 is 5.49. The van der Waals surface area contributed by atoms with Crippen LogP contribution in [-0.4, -0.2) is 48.6 Å². The quantitative estimate of drug-likeness (QED) is 0.420. The third-order valence-corrected chi connectivity index (χ3v) is 3.94. The van der Waals surface area contributed by atoms with E-state index in [2.05, 4.69) is 23.7 Å². The first-order valence-corrected chi connectivity index (χ1v) is 6.43. The number of carbonyl (C=O) groups is 2. The number of rotatable bonds is 6. The maximum atomic E-state index is 12.0. The van der Waals surface area contributed by atoms with Gasteiger partial charge in [-0.05, 0) is 19.4 Å². The van der Waals surface area contributed by atoms with E-state index < -0.39 is 5.54 Å². The SMILES string of the molecule is C=C[C@@]1(NC=O)CC1C(=O)O[C@@H]1CCN(CC)C1. The number of likely N-dealkylation sites (N-methyl/N-ethyl adjacent to an activating group) is 1. The summed E-state index contributed by atoms with van der Waals surface area (Å²) in [5, 5.41) is 2.65. The minimum atomic E-state index is -0.568. The molecule has 2 aliphatic rings. The predicted octanol–water partition coefficient (Wildman–Crippen LogP) is 0.315. The third-order valence-electron chi connectivity index (χ3n) is 3.94. The van der Waals surface area contributed by atoms with E-state index in [-0.39, 0.29) is 18.0 Å². The van der Waals surface area contributed by atoms with E-state index in [0.717, 1.165) is 26.1 Å². The molecule has 0 spiro atoms. The van der Waals surface area contributed by atoms with Crippen LogP contribution in [-0.2, 0) is 14.3 Å². The molecule has 1 unspecified atom stereocenters. The minimum Gasteiger partial charge on any atom is -0.461 e. The Morgan fingerprint density at radius 2 is 2.44 bits per heavy atom. The molecule has 1 aliphatic heterocycles. The first-order valence-electron chi connectivity index (χ1n) is 6.43. The Morgan fingerprint density at radius 3 is 3.00 bits per heavy atom. The molecule has 0 aromatic rings. The van der Waals surface area contributed by atoms with Crippen LogP contribution >= 0.6 is 0 Å². The molecule has 100 valence electrons. The summed E-state index contributed by atoms with van der Waals surface area (Å²) in [5.74, 6) is -0.483. The highest BCUT2D eigenvalue weighted by molar-refractivity contribution is 5.80. The fourth-order valence-corrected chi connectivity index (χ4v) is 2.55. The lowest BCUT2D eigenvalue weighted by molar-refractivity contribution is -0.150. The Hall–Kier alpha value is -1.36. The van der Waals surface area contributed by atoms with Crippen LogP contribution in [0.2, 0.25) is 0 Å². The number of esters is 1. The molecule has 0 aromatic heterocycles. The van der Waals surface area contributed by atoms with Crippen molar-refractivity contribution in [3.8, 4) is 0 Å². The Morgan fingerprint density at radius 1 is 1.67 bits per heavy atom. The number of likely N-dealkylation sites (tertiary alicyclic amines) is 1. The molecule has 2 fully saturated rings. The van der Waals surface area contributed by atoms with E-state index >= 15 is 0 Å². The number of nitrogens with one attached hydrogen (secondary N) is 1. The number of hydrogen-bond acceptors (Lipinski definition) is 4. The molecule has 0 radical (unpaired) electrons. The second kappa shape index (κ2) is 5.10. The number of amides is 1. The standard InChI is InChI=1S/C13H20N2O3/c1-3-13(14-9-16)7-11(13)12(17)18-10-5-6-15(4-2)8-10/h3,9-11H,1,4-8H2,2H3,(H,14,16)/t10-,11?,13-/m1/s1. The van der Waals surface area contributed by atoms with Crippen molar-refractivity contribution < 1.29 is 14.3 Å². The highest BCUT2D eigenvalue weighted by atomic mass is 16.5. The van der Waals surface area contributed by atoms with E-state index in [1.54, 1.807) is 6.08 Å².